The lowest BCUT2D eigenvalue weighted by Gasteiger charge is -2.19. The molecule has 0 radical (unpaired) electrons. The van der Waals surface area contributed by atoms with Crippen LogP contribution >= 0.6 is 0 Å². The van der Waals surface area contributed by atoms with Crippen LogP contribution in [0.5, 0.6) is 0 Å². The number of Topliss-reactive ketones (excluding diaryl/α,β-unsaturated/α-hetero) is 1. The summed E-state index contributed by atoms with van der Waals surface area (Å²) in [7, 11) is 0. The first kappa shape index (κ1) is 20.4. The van der Waals surface area contributed by atoms with E-state index < -0.39 is 37.3 Å². The zero-order valence-electron chi connectivity index (χ0n) is 12.5. The van der Waals surface area contributed by atoms with E-state index in [0.717, 1.165) is 11.8 Å². The van der Waals surface area contributed by atoms with Gasteiger partial charge in [-0.05, 0) is 31.0 Å². The first-order valence-electron chi connectivity index (χ1n) is 6.59. The molecular weight excluding hydrogens is 292 g/mol. The van der Waals surface area contributed by atoms with Crippen LogP contribution in [0.1, 0.15) is 21.5 Å². The van der Waals surface area contributed by atoms with Crippen molar-refractivity contribution in [2.24, 2.45) is 0 Å². The number of benzene rings is 1. The van der Waals surface area contributed by atoms with Crippen LogP contribution in [-0.4, -0.2) is 69.1 Å². The summed E-state index contributed by atoms with van der Waals surface area (Å²) in [6.07, 6.45) is -4.35. The summed E-state index contributed by atoms with van der Waals surface area (Å²) in [6, 6.07) is 5.68. The van der Waals surface area contributed by atoms with Gasteiger partial charge in [0, 0.05) is 5.56 Å². The standard InChI is InChI=1S/C9H10O.C6H12O6/c1-7-3-4-9(6-10)5-8(7)2;7-1-3(9)5(11)6(12)4(10)2-8/h3-6H,1-2H3;3,5-9,11-12H,1-2H2/t;3-,5+,6+/m.1/s1. The summed E-state index contributed by atoms with van der Waals surface area (Å²) < 4.78 is 0. The molecule has 3 atom stereocenters. The molecule has 0 heterocycles. The molecule has 0 aromatic heterocycles. The largest absolute Gasteiger partial charge is 0.394 e. The lowest BCUT2D eigenvalue weighted by molar-refractivity contribution is -0.142. The molecule has 0 aliphatic rings. The topological polar surface area (TPSA) is 135 Å². The van der Waals surface area contributed by atoms with Crippen molar-refractivity contribution in [1.29, 1.82) is 0 Å². The van der Waals surface area contributed by atoms with Crippen LogP contribution in [0.25, 0.3) is 0 Å². The highest BCUT2D eigenvalue weighted by Gasteiger charge is 2.28. The third-order valence-corrected chi connectivity index (χ3v) is 3.06. The van der Waals surface area contributed by atoms with Crippen molar-refractivity contribution >= 4 is 12.1 Å². The third-order valence-electron chi connectivity index (χ3n) is 3.06. The molecule has 22 heavy (non-hydrogen) atoms. The minimum absolute atomic E-state index is 0.753. The highest BCUT2D eigenvalue weighted by atomic mass is 16.4. The fraction of sp³-hybridized carbons (Fsp3) is 0.467. The maximum Gasteiger partial charge on any atom is 0.189 e. The fourth-order valence-electron chi connectivity index (χ4n) is 1.44. The predicted octanol–water partition coefficient (Wildman–Crippen LogP) is -1.26. The second-order valence-corrected chi connectivity index (χ2v) is 4.77. The van der Waals surface area contributed by atoms with Gasteiger partial charge in [-0.1, -0.05) is 12.1 Å². The first-order valence-corrected chi connectivity index (χ1v) is 6.59. The van der Waals surface area contributed by atoms with Crippen molar-refractivity contribution in [3.05, 3.63) is 34.9 Å². The number of aldehydes is 1. The minimum Gasteiger partial charge on any atom is -0.394 e. The Kier molecular flexibility index (Phi) is 9.39. The number of aliphatic hydroxyl groups excluding tert-OH is 5. The zero-order chi connectivity index (χ0) is 17.3. The highest BCUT2D eigenvalue weighted by molar-refractivity contribution is 5.84. The molecule has 5 N–H and O–H groups in total. The van der Waals surface area contributed by atoms with Gasteiger partial charge in [0.25, 0.3) is 0 Å². The van der Waals surface area contributed by atoms with Crippen molar-refractivity contribution in [3.8, 4) is 0 Å². The molecular formula is C15H22O7. The van der Waals surface area contributed by atoms with Gasteiger partial charge in [0.15, 0.2) is 5.78 Å². The van der Waals surface area contributed by atoms with Crippen molar-refractivity contribution in [2.45, 2.75) is 32.2 Å². The first-order chi connectivity index (χ1) is 10.3. The number of aryl methyl sites for hydroxylation is 2. The van der Waals surface area contributed by atoms with Crippen molar-refractivity contribution in [3.63, 3.8) is 0 Å². The Morgan fingerprint density at radius 3 is 2.14 bits per heavy atom. The minimum atomic E-state index is -1.86. The Labute approximate surface area is 128 Å². The molecule has 124 valence electrons. The highest BCUT2D eigenvalue weighted by Crippen LogP contribution is 2.07. The van der Waals surface area contributed by atoms with E-state index in [1.165, 1.54) is 11.1 Å². The third kappa shape index (κ3) is 6.42. The molecule has 0 bridgehead atoms. The normalized spacial score (nSPS) is 14.3. The summed E-state index contributed by atoms with van der Waals surface area (Å²) in [5, 5.41) is 43.1. The van der Waals surface area contributed by atoms with Crippen LogP contribution in [0.2, 0.25) is 0 Å². The number of hydrogen-bond acceptors (Lipinski definition) is 7. The van der Waals surface area contributed by atoms with Gasteiger partial charge in [0.2, 0.25) is 0 Å². The number of aliphatic hydroxyl groups is 5. The molecule has 0 saturated heterocycles. The lowest BCUT2D eigenvalue weighted by atomic mass is 10.1. The van der Waals surface area contributed by atoms with Gasteiger partial charge in [-0.2, -0.15) is 0 Å². The Morgan fingerprint density at radius 1 is 1.14 bits per heavy atom. The molecule has 0 amide bonds. The van der Waals surface area contributed by atoms with Gasteiger partial charge in [0.1, 0.15) is 31.2 Å². The predicted molar refractivity (Wildman–Crippen MR) is 78.5 cm³/mol. The van der Waals surface area contributed by atoms with Gasteiger partial charge in [-0.15, -0.1) is 0 Å². The maximum atomic E-state index is 10.5. The molecule has 0 spiro atoms. The van der Waals surface area contributed by atoms with Gasteiger partial charge in [-0.25, -0.2) is 0 Å². The number of rotatable bonds is 6. The van der Waals surface area contributed by atoms with E-state index in [1.807, 2.05) is 32.0 Å². The maximum absolute atomic E-state index is 10.5. The quantitative estimate of drug-likeness (QED) is 0.413. The summed E-state index contributed by atoms with van der Waals surface area (Å²) in [6.45, 7) is 2.35. The molecule has 1 rings (SSSR count). The van der Waals surface area contributed by atoms with E-state index >= 15 is 0 Å². The van der Waals surface area contributed by atoms with E-state index in [0.29, 0.717) is 0 Å². The molecule has 7 heteroatoms. The molecule has 0 unspecified atom stereocenters. The number of ketones is 1. The van der Waals surface area contributed by atoms with Gasteiger partial charge < -0.3 is 25.5 Å². The Bertz CT molecular complexity index is 487. The second-order valence-electron chi connectivity index (χ2n) is 4.77. The Morgan fingerprint density at radius 2 is 1.73 bits per heavy atom. The van der Waals surface area contributed by atoms with E-state index in [2.05, 4.69) is 0 Å². The van der Waals surface area contributed by atoms with Gasteiger partial charge in [-0.3, -0.25) is 9.59 Å². The van der Waals surface area contributed by atoms with Crippen molar-refractivity contribution < 1.29 is 35.1 Å². The van der Waals surface area contributed by atoms with Crippen LogP contribution in [0.3, 0.4) is 0 Å². The monoisotopic (exact) mass is 314 g/mol. The van der Waals surface area contributed by atoms with E-state index in [1.54, 1.807) is 0 Å². The summed E-state index contributed by atoms with van der Waals surface area (Å²) in [5.74, 6) is -1.00. The molecule has 0 aliphatic carbocycles. The van der Waals surface area contributed by atoms with Crippen molar-refractivity contribution in [1.82, 2.24) is 0 Å². The van der Waals surface area contributed by atoms with Crippen LogP contribution in [0.4, 0.5) is 0 Å². The van der Waals surface area contributed by atoms with Crippen LogP contribution in [0.15, 0.2) is 18.2 Å². The summed E-state index contributed by atoms with van der Waals surface area (Å²) in [5.41, 5.74) is 3.15. The number of carbonyl (C=O) groups excluding carboxylic acids is 2. The molecule has 0 aliphatic heterocycles. The Balaban J connectivity index is 0.000000406. The fourth-order valence-corrected chi connectivity index (χ4v) is 1.44. The molecule has 1 aromatic carbocycles. The van der Waals surface area contributed by atoms with Gasteiger partial charge in [0.05, 0.1) is 6.61 Å². The molecule has 1 aromatic rings. The van der Waals surface area contributed by atoms with Gasteiger partial charge >= 0.3 is 0 Å². The average Bonchev–Trinajstić information content (AvgIpc) is 2.54. The second kappa shape index (κ2) is 10.1. The number of carbonyl (C=O) groups is 2. The van der Waals surface area contributed by atoms with Crippen molar-refractivity contribution in [2.75, 3.05) is 13.2 Å². The average molecular weight is 314 g/mol. The zero-order valence-corrected chi connectivity index (χ0v) is 12.5. The SMILES string of the molecule is Cc1ccc(C=O)cc1C.O=C(CO)[C@H](O)[C@@H](O)[C@H](O)CO. The molecule has 0 saturated carbocycles. The summed E-state index contributed by atoms with van der Waals surface area (Å²) in [4.78, 5) is 20.8. The van der Waals surface area contributed by atoms with E-state index in [4.69, 9.17) is 25.5 Å². The summed E-state index contributed by atoms with van der Waals surface area (Å²) >= 11 is 0. The van der Waals surface area contributed by atoms with Crippen LogP contribution in [0, 0.1) is 13.8 Å². The molecule has 7 nitrogen and oxygen atoms in total. The molecule has 0 fully saturated rings. The van der Waals surface area contributed by atoms with E-state index in [9.17, 15) is 9.59 Å². The number of hydrogen-bond donors (Lipinski definition) is 5. The lowest BCUT2D eigenvalue weighted by Crippen LogP contribution is -2.44. The smallest absolute Gasteiger partial charge is 0.189 e. The Hall–Kier alpha value is -1.64. The van der Waals surface area contributed by atoms with Crippen LogP contribution in [-0.2, 0) is 4.79 Å². The van der Waals surface area contributed by atoms with Crippen LogP contribution < -0.4 is 0 Å². The van der Waals surface area contributed by atoms with E-state index in [-0.39, 0.29) is 0 Å².